The van der Waals surface area contributed by atoms with Gasteiger partial charge in [0.2, 0.25) is 0 Å². The molecule has 1 aromatic carbocycles. The van der Waals surface area contributed by atoms with Gasteiger partial charge < -0.3 is 10.1 Å². The number of rotatable bonds is 3. The molecule has 1 heterocycles. The number of hydrogen-bond acceptors (Lipinski definition) is 4. The van der Waals surface area contributed by atoms with E-state index in [1.807, 2.05) is 18.2 Å². The van der Waals surface area contributed by atoms with Crippen molar-refractivity contribution in [2.45, 2.75) is 30.0 Å². The SMILES string of the molecule is Cc1cc(=O)[nH]c(Sc2ccc([C@@H](C)O)cc2Br)n1. The third-order valence-corrected chi connectivity index (χ3v) is 4.37. The first kappa shape index (κ1) is 14.3. The van der Waals surface area contributed by atoms with Crippen LogP contribution >= 0.6 is 27.7 Å². The third kappa shape index (κ3) is 3.68. The summed E-state index contributed by atoms with van der Waals surface area (Å²) in [5.41, 5.74) is 1.36. The number of aliphatic hydroxyl groups excluding tert-OH is 1. The molecule has 0 spiro atoms. The molecule has 1 aromatic heterocycles. The molecule has 1 atom stereocenters. The van der Waals surface area contributed by atoms with Crippen LogP contribution in [0.4, 0.5) is 0 Å². The Kier molecular flexibility index (Phi) is 4.44. The summed E-state index contributed by atoms with van der Waals surface area (Å²) in [5, 5.41) is 10.1. The molecule has 6 heteroatoms. The Bertz CT molecular complexity index is 655. The van der Waals surface area contributed by atoms with Crippen molar-refractivity contribution in [3.63, 3.8) is 0 Å². The Morgan fingerprint density at radius 2 is 2.16 bits per heavy atom. The number of aryl methyl sites for hydroxylation is 1. The summed E-state index contributed by atoms with van der Waals surface area (Å²) < 4.78 is 0.861. The lowest BCUT2D eigenvalue weighted by Crippen LogP contribution is -2.07. The molecular formula is C13H13BrN2O2S. The highest BCUT2D eigenvalue weighted by molar-refractivity contribution is 9.10. The van der Waals surface area contributed by atoms with Crippen molar-refractivity contribution in [2.24, 2.45) is 0 Å². The smallest absolute Gasteiger partial charge is 0.251 e. The number of benzene rings is 1. The first-order valence-electron chi connectivity index (χ1n) is 5.69. The molecule has 0 saturated carbocycles. The van der Waals surface area contributed by atoms with Gasteiger partial charge in [0.1, 0.15) is 0 Å². The number of hydrogen-bond donors (Lipinski definition) is 2. The van der Waals surface area contributed by atoms with Gasteiger partial charge in [0.25, 0.3) is 5.56 Å². The van der Waals surface area contributed by atoms with E-state index in [0.717, 1.165) is 14.9 Å². The zero-order valence-electron chi connectivity index (χ0n) is 10.5. The van der Waals surface area contributed by atoms with Crippen LogP contribution in [0.3, 0.4) is 0 Å². The summed E-state index contributed by atoms with van der Waals surface area (Å²) >= 11 is 4.83. The van der Waals surface area contributed by atoms with Crippen molar-refractivity contribution in [1.29, 1.82) is 0 Å². The van der Waals surface area contributed by atoms with Crippen molar-refractivity contribution in [2.75, 3.05) is 0 Å². The van der Waals surface area contributed by atoms with Gasteiger partial charge in [-0.2, -0.15) is 0 Å². The molecular weight excluding hydrogens is 328 g/mol. The second kappa shape index (κ2) is 5.90. The number of nitrogens with zero attached hydrogens (tertiary/aromatic N) is 1. The lowest BCUT2D eigenvalue weighted by atomic mass is 10.1. The fourth-order valence-electron chi connectivity index (χ4n) is 1.56. The zero-order chi connectivity index (χ0) is 14.0. The molecule has 0 aliphatic carbocycles. The van der Waals surface area contributed by atoms with Crippen molar-refractivity contribution < 1.29 is 5.11 Å². The maximum absolute atomic E-state index is 11.4. The standard InChI is InChI=1S/C13H13BrN2O2S/c1-7-5-12(18)16-13(15-7)19-11-4-3-9(8(2)17)6-10(11)14/h3-6,8,17H,1-2H3,(H,15,16,18)/t8-/m1/s1. The number of halogens is 1. The second-order valence-electron chi connectivity index (χ2n) is 4.16. The van der Waals surface area contributed by atoms with Gasteiger partial charge in [0.15, 0.2) is 5.16 Å². The molecule has 100 valence electrons. The molecule has 0 saturated heterocycles. The minimum Gasteiger partial charge on any atom is -0.389 e. The van der Waals surface area contributed by atoms with E-state index in [4.69, 9.17) is 0 Å². The van der Waals surface area contributed by atoms with Crippen LogP contribution in [0.25, 0.3) is 0 Å². The largest absolute Gasteiger partial charge is 0.389 e. The van der Waals surface area contributed by atoms with E-state index >= 15 is 0 Å². The summed E-state index contributed by atoms with van der Waals surface area (Å²) in [7, 11) is 0. The molecule has 2 N–H and O–H groups in total. The van der Waals surface area contributed by atoms with Crippen LogP contribution in [0.1, 0.15) is 24.3 Å². The van der Waals surface area contributed by atoms with Crippen LogP contribution in [-0.4, -0.2) is 15.1 Å². The van der Waals surface area contributed by atoms with Gasteiger partial charge in [0, 0.05) is 21.1 Å². The van der Waals surface area contributed by atoms with Gasteiger partial charge in [-0.1, -0.05) is 17.8 Å². The van der Waals surface area contributed by atoms with Crippen molar-refractivity contribution in [3.8, 4) is 0 Å². The quantitative estimate of drug-likeness (QED) is 0.842. The molecule has 0 fully saturated rings. The van der Waals surface area contributed by atoms with E-state index in [9.17, 15) is 9.90 Å². The summed E-state index contributed by atoms with van der Waals surface area (Å²) in [5.74, 6) is 0. The number of aromatic nitrogens is 2. The minimum atomic E-state index is -0.507. The van der Waals surface area contributed by atoms with Gasteiger partial charge in [-0.3, -0.25) is 4.79 Å². The van der Waals surface area contributed by atoms with Crippen LogP contribution in [0, 0.1) is 6.92 Å². The second-order valence-corrected chi connectivity index (χ2v) is 6.04. The van der Waals surface area contributed by atoms with Crippen LogP contribution in [0.2, 0.25) is 0 Å². The van der Waals surface area contributed by atoms with Crippen molar-refractivity contribution >= 4 is 27.7 Å². The highest BCUT2D eigenvalue weighted by atomic mass is 79.9. The fourth-order valence-corrected chi connectivity index (χ4v) is 3.05. The fraction of sp³-hybridized carbons (Fsp3) is 0.231. The van der Waals surface area contributed by atoms with Gasteiger partial charge in [-0.05, 0) is 47.5 Å². The predicted molar refractivity (Wildman–Crippen MR) is 78.5 cm³/mol. The Balaban J connectivity index is 2.30. The Hall–Kier alpha value is -1.11. The molecule has 2 aromatic rings. The van der Waals surface area contributed by atoms with Crippen molar-refractivity contribution in [1.82, 2.24) is 9.97 Å². The topological polar surface area (TPSA) is 66.0 Å². The van der Waals surface area contributed by atoms with Crippen molar-refractivity contribution in [3.05, 3.63) is 50.3 Å². The molecule has 0 radical (unpaired) electrons. The Morgan fingerprint density at radius 3 is 2.74 bits per heavy atom. The monoisotopic (exact) mass is 340 g/mol. The lowest BCUT2D eigenvalue weighted by molar-refractivity contribution is 0.199. The van der Waals surface area contributed by atoms with Gasteiger partial charge >= 0.3 is 0 Å². The van der Waals surface area contributed by atoms with E-state index in [2.05, 4.69) is 25.9 Å². The first-order valence-corrected chi connectivity index (χ1v) is 7.30. The normalized spacial score (nSPS) is 12.4. The average molecular weight is 341 g/mol. The maximum atomic E-state index is 11.4. The molecule has 0 aliphatic heterocycles. The molecule has 0 bridgehead atoms. The van der Waals surface area contributed by atoms with E-state index < -0.39 is 6.10 Å². The van der Waals surface area contributed by atoms with Gasteiger partial charge in [-0.15, -0.1) is 0 Å². The van der Waals surface area contributed by atoms with Gasteiger partial charge in [-0.25, -0.2) is 4.98 Å². The highest BCUT2D eigenvalue weighted by Gasteiger charge is 2.08. The Labute approximate surface area is 123 Å². The molecule has 0 amide bonds. The van der Waals surface area contributed by atoms with Gasteiger partial charge in [0.05, 0.1) is 6.10 Å². The maximum Gasteiger partial charge on any atom is 0.251 e. The summed E-state index contributed by atoms with van der Waals surface area (Å²) in [6, 6.07) is 7.06. The number of aromatic amines is 1. The number of nitrogens with one attached hydrogen (secondary N) is 1. The zero-order valence-corrected chi connectivity index (χ0v) is 12.9. The third-order valence-electron chi connectivity index (χ3n) is 2.49. The molecule has 2 rings (SSSR count). The van der Waals surface area contributed by atoms with Crippen LogP contribution < -0.4 is 5.56 Å². The molecule has 19 heavy (non-hydrogen) atoms. The summed E-state index contributed by atoms with van der Waals surface area (Å²) in [4.78, 5) is 19.3. The highest BCUT2D eigenvalue weighted by Crippen LogP contribution is 2.33. The minimum absolute atomic E-state index is 0.160. The molecule has 0 unspecified atom stereocenters. The van der Waals surface area contributed by atoms with Crippen LogP contribution in [0.15, 0.2) is 43.6 Å². The number of H-pyrrole nitrogens is 1. The lowest BCUT2D eigenvalue weighted by Gasteiger charge is -2.08. The van der Waals surface area contributed by atoms with E-state index in [-0.39, 0.29) is 5.56 Å². The molecule has 0 aliphatic rings. The number of aliphatic hydroxyl groups is 1. The first-order chi connectivity index (χ1) is 8.95. The summed E-state index contributed by atoms with van der Waals surface area (Å²) in [6.07, 6.45) is -0.507. The van der Waals surface area contributed by atoms with Crippen LogP contribution in [-0.2, 0) is 0 Å². The molecule has 4 nitrogen and oxygen atoms in total. The Morgan fingerprint density at radius 1 is 1.42 bits per heavy atom. The van der Waals surface area contributed by atoms with Crippen LogP contribution in [0.5, 0.6) is 0 Å². The average Bonchev–Trinajstić information content (AvgIpc) is 2.30. The van der Waals surface area contributed by atoms with E-state index in [0.29, 0.717) is 10.9 Å². The predicted octanol–water partition coefficient (Wildman–Crippen LogP) is 3.05. The summed E-state index contributed by atoms with van der Waals surface area (Å²) in [6.45, 7) is 3.50. The van der Waals surface area contributed by atoms with E-state index in [1.54, 1.807) is 13.8 Å². The van der Waals surface area contributed by atoms with E-state index in [1.165, 1.54) is 17.8 Å².